The molecular weight excluding hydrogens is 306 g/mol. The number of hydrogen-bond acceptors (Lipinski definition) is 4. The van der Waals surface area contributed by atoms with Gasteiger partial charge in [-0.15, -0.1) is 0 Å². The van der Waals surface area contributed by atoms with Crippen molar-refractivity contribution in [1.29, 1.82) is 0 Å². The van der Waals surface area contributed by atoms with E-state index in [1.807, 2.05) is 34.9 Å². The molecule has 3 aromatic rings. The Morgan fingerprint density at radius 1 is 1.32 bits per heavy atom. The van der Waals surface area contributed by atoms with Gasteiger partial charge in [-0.1, -0.05) is 34.1 Å². The Bertz CT molecular complexity index is 722. The maximum atomic E-state index is 5.77. The SMILES string of the molecule is Nc1cn2ccnc2c(NCc2ccccc2Br)n1. The van der Waals surface area contributed by atoms with Gasteiger partial charge in [0.05, 0.1) is 6.20 Å². The molecule has 0 fully saturated rings. The zero-order valence-corrected chi connectivity index (χ0v) is 11.6. The molecule has 0 atom stereocenters. The second-order valence-electron chi connectivity index (χ2n) is 4.12. The van der Waals surface area contributed by atoms with Crippen molar-refractivity contribution in [2.45, 2.75) is 6.54 Å². The lowest BCUT2D eigenvalue weighted by molar-refractivity contribution is 1.07. The first-order valence-electron chi connectivity index (χ1n) is 5.80. The molecule has 0 unspecified atom stereocenters. The van der Waals surface area contributed by atoms with Crippen molar-refractivity contribution < 1.29 is 0 Å². The van der Waals surface area contributed by atoms with Crippen LogP contribution in [0.5, 0.6) is 0 Å². The van der Waals surface area contributed by atoms with Gasteiger partial charge in [0.2, 0.25) is 0 Å². The Morgan fingerprint density at radius 3 is 3.00 bits per heavy atom. The predicted molar refractivity (Wildman–Crippen MR) is 78.9 cm³/mol. The van der Waals surface area contributed by atoms with E-state index in [0.29, 0.717) is 18.2 Å². The van der Waals surface area contributed by atoms with E-state index in [-0.39, 0.29) is 0 Å². The Balaban J connectivity index is 1.90. The summed E-state index contributed by atoms with van der Waals surface area (Å²) in [5, 5.41) is 3.27. The van der Waals surface area contributed by atoms with Gasteiger partial charge in [-0.2, -0.15) is 0 Å². The van der Waals surface area contributed by atoms with Crippen LogP contribution in [0, 0.1) is 0 Å². The van der Waals surface area contributed by atoms with Crippen molar-refractivity contribution in [3.8, 4) is 0 Å². The zero-order chi connectivity index (χ0) is 13.2. The summed E-state index contributed by atoms with van der Waals surface area (Å²) in [7, 11) is 0. The fraction of sp³-hybridized carbons (Fsp3) is 0.0769. The number of imidazole rings is 1. The van der Waals surface area contributed by atoms with Crippen LogP contribution in [0.3, 0.4) is 0 Å². The summed E-state index contributed by atoms with van der Waals surface area (Å²) in [6.07, 6.45) is 5.31. The van der Waals surface area contributed by atoms with Gasteiger partial charge >= 0.3 is 0 Å². The van der Waals surface area contributed by atoms with E-state index in [0.717, 1.165) is 15.7 Å². The zero-order valence-electron chi connectivity index (χ0n) is 10.0. The maximum Gasteiger partial charge on any atom is 0.180 e. The maximum absolute atomic E-state index is 5.77. The summed E-state index contributed by atoms with van der Waals surface area (Å²) >= 11 is 3.52. The normalized spacial score (nSPS) is 10.8. The summed E-state index contributed by atoms with van der Waals surface area (Å²) < 4.78 is 2.91. The number of aromatic nitrogens is 3. The number of anilines is 2. The lowest BCUT2D eigenvalue weighted by atomic mass is 10.2. The number of hydrogen-bond donors (Lipinski definition) is 2. The van der Waals surface area contributed by atoms with E-state index in [2.05, 4.69) is 31.2 Å². The number of nitrogens with one attached hydrogen (secondary N) is 1. The number of nitrogens with two attached hydrogens (primary N) is 1. The average Bonchev–Trinajstić information content (AvgIpc) is 2.85. The fourth-order valence-corrected chi connectivity index (χ4v) is 2.32. The molecule has 0 aliphatic rings. The van der Waals surface area contributed by atoms with Crippen LogP contribution < -0.4 is 11.1 Å². The largest absolute Gasteiger partial charge is 0.382 e. The molecule has 96 valence electrons. The van der Waals surface area contributed by atoms with Crippen molar-refractivity contribution in [3.63, 3.8) is 0 Å². The van der Waals surface area contributed by atoms with Crippen LogP contribution in [0.1, 0.15) is 5.56 Å². The second kappa shape index (κ2) is 4.89. The van der Waals surface area contributed by atoms with Crippen molar-refractivity contribution in [2.75, 3.05) is 11.1 Å². The molecule has 0 saturated carbocycles. The minimum Gasteiger partial charge on any atom is -0.382 e. The molecule has 3 rings (SSSR count). The van der Waals surface area contributed by atoms with Crippen LogP contribution in [0.4, 0.5) is 11.6 Å². The first kappa shape index (κ1) is 12.0. The van der Waals surface area contributed by atoms with E-state index < -0.39 is 0 Å². The van der Waals surface area contributed by atoms with Gasteiger partial charge < -0.3 is 15.5 Å². The molecule has 0 aliphatic heterocycles. The predicted octanol–water partition coefficient (Wildman–Crippen LogP) is 2.69. The smallest absolute Gasteiger partial charge is 0.180 e. The van der Waals surface area contributed by atoms with Crippen LogP contribution in [0.25, 0.3) is 5.65 Å². The minimum absolute atomic E-state index is 0.458. The molecule has 5 nitrogen and oxygen atoms in total. The molecule has 0 spiro atoms. The van der Waals surface area contributed by atoms with Gasteiger partial charge in [-0.25, -0.2) is 9.97 Å². The number of fused-ring (bicyclic) bond motifs is 1. The average molecular weight is 318 g/mol. The van der Waals surface area contributed by atoms with Gasteiger partial charge in [0, 0.05) is 23.4 Å². The first-order chi connectivity index (χ1) is 9.24. The third-order valence-electron chi connectivity index (χ3n) is 2.80. The molecular formula is C13H12BrN5. The molecule has 2 heterocycles. The van der Waals surface area contributed by atoms with Crippen molar-refractivity contribution in [1.82, 2.24) is 14.4 Å². The van der Waals surface area contributed by atoms with E-state index in [1.165, 1.54) is 0 Å². The minimum atomic E-state index is 0.458. The van der Waals surface area contributed by atoms with Gasteiger partial charge in [0.15, 0.2) is 11.5 Å². The first-order valence-corrected chi connectivity index (χ1v) is 6.60. The highest BCUT2D eigenvalue weighted by Crippen LogP contribution is 2.19. The van der Waals surface area contributed by atoms with Crippen molar-refractivity contribution >= 4 is 33.2 Å². The summed E-state index contributed by atoms with van der Waals surface area (Å²) in [6.45, 7) is 0.653. The summed E-state index contributed by atoms with van der Waals surface area (Å²) in [5.74, 6) is 1.14. The third-order valence-corrected chi connectivity index (χ3v) is 3.57. The molecule has 19 heavy (non-hydrogen) atoms. The van der Waals surface area contributed by atoms with Crippen LogP contribution in [0.15, 0.2) is 47.3 Å². The third kappa shape index (κ3) is 2.39. The number of nitrogen functional groups attached to an aromatic ring is 1. The highest BCUT2D eigenvalue weighted by atomic mass is 79.9. The topological polar surface area (TPSA) is 68.2 Å². The van der Waals surface area contributed by atoms with E-state index in [1.54, 1.807) is 12.4 Å². The Morgan fingerprint density at radius 2 is 2.16 bits per heavy atom. The Hall–Kier alpha value is -2.08. The summed E-state index contributed by atoms with van der Waals surface area (Å²) in [6, 6.07) is 8.04. The highest BCUT2D eigenvalue weighted by molar-refractivity contribution is 9.10. The van der Waals surface area contributed by atoms with Crippen LogP contribution >= 0.6 is 15.9 Å². The van der Waals surface area contributed by atoms with Gasteiger partial charge in [0.1, 0.15) is 5.82 Å². The fourth-order valence-electron chi connectivity index (χ4n) is 1.89. The highest BCUT2D eigenvalue weighted by Gasteiger charge is 2.06. The summed E-state index contributed by atoms with van der Waals surface area (Å²) in [5.41, 5.74) is 7.69. The molecule has 3 N–H and O–H groups in total. The summed E-state index contributed by atoms with van der Waals surface area (Å²) in [4.78, 5) is 8.55. The van der Waals surface area contributed by atoms with Gasteiger partial charge in [-0.05, 0) is 11.6 Å². The number of rotatable bonds is 3. The van der Waals surface area contributed by atoms with Crippen molar-refractivity contribution in [2.24, 2.45) is 0 Å². The molecule has 1 aromatic carbocycles. The molecule has 0 amide bonds. The van der Waals surface area contributed by atoms with E-state index in [9.17, 15) is 0 Å². The van der Waals surface area contributed by atoms with E-state index >= 15 is 0 Å². The number of halogens is 1. The standard InChI is InChI=1S/C13H12BrN5/c14-10-4-2-1-3-9(10)7-17-12-13-16-5-6-19(13)8-11(15)18-12/h1-6,8H,7,15H2,(H,17,18). The molecule has 6 heteroatoms. The Labute approximate surface area is 118 Å². The molecule has 0 radical (unpaired) electrons. The number of benzene rings is 1. The molecule has 0 aliphatic carbocycles. The van der Waals surface area contributed by atoms with Gasteiger partial charge in [0.25, 0.3) is 0 Å². The van der Waals surface area contributed by atoms with Crippen LogP contribution in [0.2, 0.25) is 0 Å². The molecule has 0 bridgehead atoms. The number of nitrogens with zero attached hydrogens (tertiary/aromatic N) is 3. The quantitative estimate of drug-likeness (QED) is 0.779. The second-order valence-corrected chi connectivity index (χ2v) is 4.97. The lowest BCUT2D eigenvalue weighted by Crippen LogP contribution is -2.06. The van der Waals surface area contributed by atoms with E-state index in [4.69, 9.17) is 5.73 Å². The van der Waals surface area contributed by atoms with Crippen molar-refractivity contribution in [3.05, 3.63) is 52.9 Å². The van der Waals surface area contributed by atoms with Crippen LogP contribution in [-0.4, -0.2) is 14.4 Å². The van der Waals surface area contributed by atoms with Crippen LogP contribution in [-0.2, 0) is 6.54 Å². The Kier molecular flexibility index (Phi) is 3.08. The molecule has 2 aromatic heterocycles. The van der Waals surface area contributed by atoms with Gasteiger partial charge in [-0.3, -0.25) is 0 Å². The molecule has 0 saturated heterocycles. The lowest BCUT2D eigenvalue weighted by Gasteiger charge is -2.09. The monoisotopic (exact) mass is 317 g/mol.